The average molecular weight is 437 g/mol. The number of ether oxygens (including phenoxy) is 5. The van der Waals surface area contributed by atoms with Gasteiger partial charge in [-0.15, -0.1) is 0 Å². The van der Waals surface area contributed by atoms with Gasteiger partial charge in [0.2, 0.25) is 5.91 Å². The smallest absolute Gasteiger partial charge is 0.303 e. The lowest BCUT2D eigenvalue weighted by molar-refractivity contribution is -0.280. The van der Waals surface area contributed by atoms with Gasteiger partial charge in [0.05, 0.1) is 6.61 Å². The molecule has 1 amide bonds. The number of carbonyl (C=O) groups excluding carboxylic acids is 4. The second kappa shape index (κ2) is 11.4. The van der Waals surface area contributed by atoms with Crippen molar-refractivity contribution < 1.29 is 42.9 Å². The van der Waals surface area contributed by atoms with Crippen molar-refractivity contribution in [1.82, 2.24) is 5.32 Å². The number of amides is 1. The van der Waals surface area contributed by atoms with Crippen molar-refractivity contribution in [2.24, 2.45) is 0 Å². The van der Waals surface area contributed by atoms with Crippen molar-refractivity contribution in [1.29, 1.82) is 0 Å². The number of hydrogen-bond acceptors (Lipinski definition) is 9. The lowest BCUT2D eigenvalue weighted by Crippen LogP contribution is -2.66. The molecule has 0 aromatic heterocycles. The molecule has 0 unspecified atom stereocenters. The minimum absolute atomic E-state index is 0.132. The molecule has 1 heterocycles. The van der Waals surface area contributed by atoms with Gasteiger partial charge in [-0.1, -0.05) is 30.3 Å². The minimum atomic E-state index is -1.14. The van der Waals surface area contributed by atoms with Crippen LogP contribution in [-0.4, -0.2) is 61.1 Å². The zero-order chi connectivity index (χ0) is 23.0. The van der Waals surface area contributed by atoms with E-state index < -0.39 is 54.5 Å². The van der Waals surface area contributed by atoms with E-state index in [0.29, 0.717) is 0 Å². The van der Waals surface area contributed by atoms with Gasteiger partial charge < -0.3 is 29.0 Å². The fourth-order valence-electron chi connectivity index (χ4n) is 3.19. The molecular weight excluding hydrogens is 410 g/mol. The second-order valence-electron chi connectivity index (χ2n) is 7.02. The van der Waals surface area contributed by atoms with Crippen molar-refractivity contribution in [3.05, 3.63) is 35.9 Å². The molecule has 31 heavy (non-hydrogen) atoms. The Labute approximate surface area is 180 Å². The van der Waals surface area contributed by atoms with Gasteiger partial charge in [-0.2, -0.15) is 0 Å². The highest BCUT2D eigenvalue weighted by Crippen LogP contribution is 2.28. The fourth-order valence-corrected chi connectivity index (χ4v) is 3.19. The molecule has 1 N–H and O–H groups in total. The maximum Gasteiger partial charge on any atom is 0.303 e. The maximum absolute atomic E-state index is 11.8. The molecule has 0 spiro atoms. The summed E-state index contributed by atoms with van der Waals surface area (Å²) in [5.41, 5.74) is 0.843. The number of esters is 3. The van der Waals surface area contributed by atoms with Crippen LogP contribution in [0, 0.1) is 0 Å². The Bertz CT molecular complexity index is 782. The van der Waals surface area contributed by atoms with Crippen LogP contribution < -0.4 is 5.32 Å². The van der Waals surface area contributed by atoms with Gasteiger partial charge in [-0.05, 0) is 5.56 Å². The Hall–Kier alpha value is -2.98. The molecule has 0 saturated carbocycles. The van der Waals surface area contributed by atoms with Crippen LogP contribution in [0.3, 0.4) is 0 Å². The summed E-state index contributed by atoms with van der Waals surface area (Å²) in [6.45, 7) is 4.72. The number of carbonyl (C=O) groups is 4. The zero-order valence-electron chi connectivity index (χ0n) is 17.9. The topological polar surface area (TPSA) is 126 Å². The third-order valence-electron chi connectivity index (χ3n) is 4.33. The molecule has 0 radical (unpaired) electrons. The third-order valence-corrected chi connectivity index (χ3v) is 4.33. The van der Waals surface area contributed by atoms with Crippen molar-refractivity contribution >= 4 is 23.8 Å². The van der Waals surface area contributed by atoms with E-state index in [0.717, 1.165) is 5.56 Å². The Morgan fingerprint density at radius 2 is 1.52 bits per heavy atom. The number of rotatable bonds is 8. The summed E-state index contributed by atoms with van der Waals surface area (Å²) >= 11 is 0. The normalized spacial score (nSPS) is 25.2. The minimum Gasteiger partial charge on any atom is -0.463 e. The standard InChI is InChI=1S/C21H27NO9/c1-12(23)22-18-20(30-15(4)26)19(29-14(3)25)17(11-27-13(2)24)31-21(18)28-10-16-8-6-5-7-9-16/h5-9,17-21H,10-11H2,1-4H3,(H,22,23)/t17-,18+,19+,20+,21-/m0/s1. The SMILES string of the molecule is CC(=O)N[C@H]1[C@@H](OCc2ccccc2)O[C@@H](COC(C)=O)[C@@H](OC(C)=O)[C@@H]1OC(C)=O. The molecule has 1 aromatic carbocycles. The highest BCUT2D eigenvalue weighted by Gasteiger charge is 2.51. The molecule has 5 atom stereocenters. The van der Waals surface area contributed by atoms with Crippen LogP contribution in [0.4, 0.5) is 0 Å². The van der Waals surface area contributed by atoms with Crippen LogP contribution in [0.25, 0.3) is 0 Å². The Balaban J connectivity index is 2.35. The van der Waals surface area contributed by atoms with Crippen molar-refractivity contribution in [2.45, 2.75) is 64.9 Å². The summed E-state index contributed by atoms with van der Waals surface area (Å²) in [4.78, 5) is 46.7. The second-order valence-corrected chi connectivity index (χ2v) is 7.02. The molecular formula is C21H27NO9. The van der Waals surface area contributed by atoms with Gasteiger partial charge in [0.1, 0.15) is 18.8 Å². The molecule has 1 aromatic rings. The molecule has 1 saturated heterocycles. The first kappa shape index (κ1) is 24.3. The average Bonchev–Trinajstić information content (AvgIpc) is 2.68. The zero-order valence-corrected chi connectivity index (χ0v) is 17.9. The van der Waals surface area contributed by atoms with E-state index in [9.17, 15) is 19.2 Å². The first-order valence-corrected chi connectivity index (χ1v) is 9.73. The summed E-state index contributed by atoms with van der Waals surface area (Å²) in [5.74, 6) is -2.32. The van der Waals surface area contributed by atoms with Gasteiger partial charge in [0, 0.05) is 27.7 Å². The molecule has 2 rings (SSSR count). The van der Waals surface area contributed by atoms with Crippen LogP contribution in [0.1, 0.15) is 33.3 Å². The lowest BCUT2D eigenvalue weighted by atomic mass is 9.96. The Kier molecular flexibility index (Phi) is 8.95. The predicted molar refractivity (Wildman–Crippen MR) is 105 cm³/mol. The van der Waals surface area contributed by atoms with Crippen LogP contribution in [0.15, 0.2) is 30.3 Å². The van der Waals surface area contributed by atoms with Gasteiger partial charge in [-0.25, -0.2) is 0 Å². The van der Waals surface area contributed by atoms with E-state index in [4.69, 9.17) is 23.7 Å². The summed E-state index contributed by atoms with van der Waals surface area (Å²) in [6.07, 6.45) is -4.36. The lowest BCUT2D eigenvalue weighted by Gasteiger charge is -2.44. The van der Waals surface area contributed by atoms with Crippen molar-refractivity contribution in [2.75, 3.05) is 6.61 Å². The molecule has 10 nitrogen and oxygen atoms in total. The number of hydrogen-bond donors (Lipinski definition) is 1. The molecule has 1 fully saturated rings. The summed E-state index contributed by atoms with van der Waals surface area (Å²) in [5, 5.41) is 2.65. The van der Waals surface area contributed by atoms with E-state index in [-0.39, 0.29) is 13.2 Å². The van der Waals surface area contributed by atoms with Crippen LogP contribution >= 0.6 is 0 Å². The van der Waals surface area contributed by atoms with Gasteiger partial charge >= 0.3 is 17.9 Å². The van der Waals surface area contributed by atoms with Gasteiger partial charge in [0.15, 0.2) is 18.5 Å². The highest BCUT2D eigenvalue weighted by molar-refractivity contribution is 5.73. The molecule has 0 bridgehead atoms. The highest BCUT2D eigenvalue weighted by atomic mass is 16.7. The molecule has 10 heteroatoms. The fraction of sp³-hybridized carbons (Fsp3) is 0.524. The van der Waals surface area contributed by atoms with E-state index in [1.807, 2.05) is 30.3 Å². The maximum atomic E-state index is 11.8. The third kappa shape index (κ3) is 7.65. The summed E-state index contributed by atoms with van der Waals surface area (Å²) < 4.78 is 27.6. The Morgan fingerprint density at radius 3 is 2.06 bits per heavy atom. The van der Waals surface area contributed by atoms with Gasteiger partial charge in [0.25, 0.3) is 0 Å². The van der Waals surface area contributed by atoms with Crippen LogP contribution in [0.5, 0.6) is 0 Å². The quantitative estimate of drug-likeness (QED) is 0.465. The summed E-state index contributed by atoms with van der Waals surface area (Å²) in [7, 11) is 0. The van der Waals surface area contributed by atoms with E-state index in [1.54, 1.807) is 0 Å². The van der Waals surface area contributed by atoms with Crippen LogP contribution in [0.2, 0.25) is 0 Å². The van der Waals surface area contributed by atoms with Crippen LogP contribution in [-0.2, 0) is 49.5 Å². The summed E-state index contributed by atoms with van der Waals surface area (Å²) in [6, 6.07) is 8.25. The van der Waals surface area contributed by atoms with Gasteiger partial charge in [-0.3, -0.25) is 19.2 Å². The molecule has 1 aliphatic rings. The van der Waals surface area contributed by atoms with Crippen molar-refractivity contribution in [3.63, 3.8) is 0 Å². The number of nitrogens with one attached hydrogen (secondary N) is 1. The van der Waals surface area contributed by atoms with E-state index in [2.05, 4.69) is 5.32 Å². The molecule has 1 aliphatic heterocycles. The first-order valence-electron chi connectivity index (χ1n) is 9.73. The molecule has 170 valence electrons. The van der Waals surface area contributed by atoms with E-state index in [1.165, 1.54) is 27.7 Å². The monoisotopic (exact) mass is 437 g/mol. The predicted octanol–water partition coefficient (Wildman–Crippen LogP) is 0.859. The van der Waals surface area contributed by atoms with Crippen molar-refractivity contribution in [3.8, 4) is 0 Å². The van der Waals surface area contributed by atoms with E-state index >= 15 is 0 Å². The molecule has 0 aliphatic carbocycles. The Morgan fingerprint density at radius 1 is 0.903 bits per heavy atom. The first-order chi connectivity index (χ1) is 14.7. The largest absolute Gasteiger partial charge is 0.463 e. The number of benzene rings is 1.